The summed E-state index contributed by atoms with van der Waals surface area (Å²) in [6.45, 7) is 7.06. The molecule has 206 valence electrons. The van der Waals surface area contributed by atoms with Crippen molar-refractivity contribution >= 4 is 27.8 Å². The first-order valence-corrected chi connectivity index (χ1v) is 14.8. The normalized spacial score (nSPS) is 16.9. The van der Waals surface area contributed by atoms with Gasteiger partial charge in [0.15, 0.2) is 0 Å². The van der Waals surface area contributed by atoms with E-state index in [0.29, 0.717) is 17.5 Å². The van der Waals surface area contributed by atoms with Crippen molar-refractivity contribution in [2.24, 2.45) is 0 Å². The molecule has 0 radical (unpaired) electrons. The summed E-state index contributed by atoms with van der Waals surface area (Å²) in [5, 5.41) is 15.8. The highest BCUT2D eigenvalue weighted by molar-refractivity contribution is 6.03. The quantitative estimate of drug-likeness (QED) is 0.249. The van der Waals surface area contributed by atoms with Crippen LogP contribution >= 0.6 is 0 Å². The van der Waals surface area contributed by atoms with Crippen LogP contribution in [-0.4, -0.2) is 39.9 Å². The molecule has 3 heterocycles. The molecule has 1 aliphatic carbocycles. The lowest BCUT2D eigenvalue weighted by atomic mass is 9.81. The molecule has 4 aromatic rings. The number of aromatic nitrogens is 2. The van der Waals surface area contributed by atoms with E-state index >= 15 is 0 Å². The first kappa shape index (κ1) is 26.1. The molecule has 1 saturated carbocycles. The van der Waals surface area contributed by atoms with Crippen molar-refractivity contribution in [3.8, 4) is 11.3 Å². The Morgan fingerprint density at radius 1 is 1.08 bits per heavy atom. The number of aryl methyl sites for hydroxylation is 2. The van der Waals surface area contributed by atoms with Crippen LogP contribution < -0.4 is 5.32 Å². The molecule has 0 bridgehead atoms. The van der Waals surface area contributed by atoms with Crippen LogP contribution in [0.3, 0.4) is 0 Å². The number of aromatic carboxylic acids is 1. The van der Waals surface area contributed by atoms with E-state index in [1.165, 1.54) is 70.8 Å². The molecule has 39 heavy (non-hydrogen) atoms. The Morgan fingerprint density at radius 3 is 2.64 bits per heavy atom. The van der Waals surface area contributed by atoms with E-state index in [9.17, 15) is 9.90 Å². The second kappa shape index (κ2) is 10.8. The van der Waals surface area contributed by atoms with Crippen LogP contribution in [0, 0.1) is 0 Å². The number of carboxylic acids is 1. The van der Waals surface area contributed by atoms with Gasteiger partial charge in [-0.2, -0.15) is 0 Å². The molecule has 0 spiro atoms. The van der Waals surface area contributed by atoms with Crippen molar-refractivity contribution in [2.75, 3.05) is 13.7 Å². The number of rotatable bonds is 8. The minimum atomic E-state index is -0.865. The van der Waals surface area contributed by atoms with Gasteiger partial charge in [0.25, 0.3) is 0 Å². The lowest BCUT2D eigenvalue weighted by molar-refractivity contribution is 0.0697. The highest BCUT2D eigenvalue weighted by atomic mass is 16.5. The summed E-state index contributed by atoms with van der Waals surface area (Å²) in [5.41, 5.74) is 7.96. The topological polar surface area (TPSA) is 68.4 Å². The van der Waals surface area contributed by atoms with Gasteiger partial charge in [0, 0.05) is 59.9 Å². The third-order valence-corrected chi connectivity index (χ3v) is 8.92. The number of benzene rings is 2. The molecule has 1 atom stereocenters. The Labute approximate surface area is 231 Å². The average Bonchev–Trinajstić information content (AvgIpc) is 3.46. The standard InChI is InChI=1S/C33H41N3O3/c1-21(2)34-16-15-29(39-3)27-20-35-17-8-18-36-28-19-23(33(37)38)13-14-25(28)30(22-9-5-4-6-10-22)32(36)26-12-7-11-24(27)31(26)35/h7,11-14,19-22,29,34H,4-6,8-10,15-18H2,1-3H3,(H,37,38). The van der Waals surface area contributed by atoms with E-state index in [0.717, 1.165) is 38.0 Å². The number of nitrogens with one attached hydrogen (secondary N) is 1. The molecule has 2 aromatic carbocycles. The van der Waals surface area contributed by atoms with E-state index in [4.69, 9.17) is 4.74 Å². The highest BCUT2D eigenvalue weighted by Gasteiger charge is 2.30. The Balaban J connectivity index is 1.58. The van der Waals surface area contributed by atoms with Gasteiger partial charge in [0.2, 0.25) is 0 Å². The monoisotopic (exact) mass is 527 g/mol. The zero-order valence-electron chi connectivity index (χ0n) is 23.5. The van der Waals surface area contributed by atoms with Gasteiger partial charge in [-0.15, -0.1) is 0 Å². The van der Waals surface area contributed by atoms with Gasteiger partial charge in [0.1, 0.15) is 0 Å². The third-order valence-electron chi connectivity index (χ3n) is 8.92. The number of nitrogens with zero attached hydrogens (tertiary/aromatic N) is 2. The number of hydrogen-bond donors (Lipinski definition) is 2. The Kier molecular flexibility index (Phi) is 7.25. The van der Waals surface area contributed by atoms with Crippen molar-refractivity contribution in [1.82, 2.24) is 14.5 Å². The Hall–Kier alpha value is -3.09. The summed E-state index contributed by atoms with van der Waals surface area (Å²) in [7, 11) is 1.82. The maximum atomic E-state index is 11.9. The number of methoxy groups -OCH3 is 1. The lowest BCUT2D eigenvalue weighted by Crippen LogP contribution is -2.25. The summed E-state index contributed by atoms with van der Waals surface area (Å²) in [6, 6.07) is 13.0. The molecule has 0 amide bonds. The zero-order valence-corrected chi connectivity index (χ0v) is 23.5. The van der Waals surface area contributed by atoms with Gasteiger partial charge in [0.05, 0.1) is 22.9 Å². The van der Waals surface area contributed by atoms with E-state index in [1.807, 2.05) is 13.2 Å². The number of ether oxygens (including phenoxy) is 1. The number of carboxylic acid groups (broad SMARTS) is 1. The van der Waals surface area contributed by atoms with Crippen molar-refractivity contribution in [1.29, 1.82) is 0 Å². The van der Waals surface area contributed by atoms with Crippen LogP contribution in [0.4, 0.5) is 0 Å². The maximum Gasteiger partial charge on any atom is 0.335 e. The van der Waals surface area contributed by atoms with Crippen LogP contribution in [0.25, 0.3) is 33.1 Å². The molecule has 6 nitrogen and oxygen atoms in total. The fraction of sp³-hybridized carbons (Fsp3) is 0.485. The first-order valence-electron chi connectivity index (χ1n) is 14.8. The minimum Gasteiger partial charge on any atom is -0.478 e. The molecule has 1 fully saturated rings. The SMILES string of the molecule is COC(CCNC(C)C)c1cn2c3c(cccc13)-c1c(C3CCCCC3)c3ccc(C(=O)O)cc3n1CCC2. The molecular weight excluding hydrogens is 486 g/mol. The van der Waals surface area contributed by atoms with E-state index < -0.39 is 5.97 Å². The van der Waals surface area contributed by atoms with Crippen LogP contribution in [0.5, 0.6) is 0 Å². The molecule has 6 heteroatoms. The molecule has 2 N–H and O–H groups in total. The van der Waals surface area contributed by atoms with E-state index in [-0.39, 0.29) is 6.10 Å². The smallest absolute Gasteiger partial charge is 0.335 e. The minimum absolute atomic E-state index is 0.0257. The van der Waals surface area contributed by atoms with Gasteiger partial charge < -0.3 is 24.3 Å². The molecular formula is C33H41N3O3. The molecule has 0 saturated heterocycles. The lowest BCUT2D eigenvalue weighted by Gasteiger charge is -2.25. The second-order valence-corrected chi connectivity index (χ2v) is 11.7. The van der Waals surface area contributed by atoms with Crippen molar-refractivity contribution < 1.29 is 14.6 Å². The second-order valence-electron chi connectivity index (χ2n) is 11.7. The highest BCUT2D eigenvalue weighted by Crippen LogP contribution is 2.47. The van der Waals surface area contributed by atoms with Gasteiger partial charge in [-0.05, 0) is 55.8 Å². The Morgan fingerprint density at radius 2 is 1.90 bits per heavy atom. The predicted molar refractivity (Wildman–Crippen MR) is 158 cm³/mol. The van der Waals surface area contributed by atoms with Crippen LogP contribution in [0.2, 0.25) is 0 Å². The number of fused-ring (bicyclic) bond motifs is 4. The molecule has 1 aliphatic heterocycles. The van der Waals surface area contributed by atoms with Gasteiger partial charge in [-0.25, -0.2) is 4.79 Å². The van der Waals surface area contributed by atoms with Crippen molar-refractivity contribution in [3.63, 3.8) is 0 Å². The van der Waals surface area contributed by atoms with E-state index in [2.05, 4.69) is 58.8 Å². The van der Waals surface area contributed by atoms with Gasteiger partial charge >= 0.3 is 5.97 Å². The fourth-order valence-electron chi connectivity index (χ4n) is 7.15. The van der Waals surface area contributed by atoms with Crippen LogP contribution in [0.1, 0.15) is 92.3 Å². The fourth-order valence-corrected chi connectivity index (χ4v) is 7.15. The summed E-state index contributed by atoms with van der Waals surface area (Å²) in [5.74, 6) is -0.365. The summed E-state index contributed by atoms with van der Waals surface area (Å²) < 4.78 is 11.0. The average molecular weight is 528 g/mol. The summed E-state index contributed by atoms with van der Waals surface area (Å²) >= 11 is 0. The molecule has 2 aromatic heterocycles. The van der Waals surface area contributed by atoms with Crippen molar-refractivity contribution in [2.45, 2.75) is 89.9 Å². The van der Waals surface area contributed by atoms with Crippen LogP contribution in [0.15, 0.2) is 42.6 Å². The summed E-state index contributed by atoms with van der Waals surface area (Å²) in [4.78, 5) is 11.9. The van der Waals surface area contributed by atoms with Crippen LogP contribution in [-0.2, 0) is 17.8 Å². The Bertz CT molecular complexity index is 1510. The predicted octanol–water partition coefficient (Wildman–Crippen LogP) is 7.49. The van der Waals surface area contributed by atoms with Crippen molar-refractivity contribution in [3.05, 3.63) is 59.3 Å². The van der Waals surface area contributed by atoms with Gasteiger partial charge in [-0.3, -0.25) is 0 Å². The van der Waals surface area contributed by atoms with E-state index in [1.54, 1.807) is 6.07 Å². The van der Waals surface area contributed by atoms with Gasteiger partial charge in [-0.1, -0.05) is 57.4 Å². The molecule has 6 rings (SSSR count). The molecule has 1 unspecified atom stereocenters. The summed E-state index contributed by atoms with van der Waals surface area (Å²) in [6.07, 6.45) is 10.5. The number of carbonyl (C=O) groups is 1. The maximum absolute atomic E-state index is 11.9. The number of hydrogen-bond acceptors (Lipinski definition) is 3. The number of para-hydroxylation sites is 1. The zero-order chi connectivity index (χ0) is 27.1. The first-order chi connectivity index (χ1) is 19.0. The third kappa shape index (κ3) is 4.68. The largest absolute Gasteiger partial charge is 0.478 e. The molecule has 2 aliphatic rings.